The van der Waals surface area contributed by atoms with E-state index in [1.807, 2.05) is 24.3 Å². The molecule has 1 heterocycles. The van der Waals surface area contributed by atoms with Crippen LogP contribution < -0.4 is 4.90 Å². The predicted octanol–water partition coefficient (Wildman–Crippen LogP) is 3.54. The van der Waals surface area contributed by atoms with Gasteiger partial charge in [-0.1, -0.05) is 35.9 Å². The summed E-state index contributed by atoms with van der Waals surface area (Å²) < 4.78 is 18.7. The van der Waals surface area contributed by atoms with E-state index >= 15 is 0 Å². The van der Waals surface area contributed by atoms with Crippen molar-refractivity contribution in [3.63, 3.8) is 0 Å². The number of carbonyl (C=O) groups is 2. The summed E-state index contributed by atoms with van der Waals surface area (Å²) in [6.45, 7) is 0.214. The van der Waals surface area contributed by atoms with Gasteiger partial charge in [0, 0.05) is 22.8 Å². The zero-order valence-electron chi connectivity index (χ0n) is 13.5. The molecule has 0 saturated heterocycles. The number of rotatable bonds is 4. The van der Waals surface area contributed by atoms with Crippen LogP contribution in [0, 0.1) is 5.82 Å². The minimum atomic E-state index is -0.689. The second kappa shape index (κ2) is 7.66. The quantitative estimate of drug-likeness (QED) is 0.782. The second-order valence-corrected chi connectivity index (χ2v) is 6.22. The van der Waals surface area contributed by atoms with Gasteiger partial charge >= 0.3 is 5.97 Å². The molecule has 0 spiro atoms. The summed E-state index contributed by atoms with van der Waals surface area (Å²) in [5.74, 6) is -1.55. The summed E-state index contributed by atoms with van der Waals surface area (Å²) in [7, 11) is 0. The minimum Gasteiger partial charge on any atom is -0.455 e. The number of para-hydroxylation sites is 1. The van der Waals surface area contributed by atoms with Crippen molar-refractivity contribution in [3.8, 4) is 0 Å². The molecule has 1 aliphatic rings. The molecule has 0 atom stereocenters. The highest BCUT2D eigenvalue weighted by molar-refractivity contribution is 6.31. The lowest BCUT2D eigenvalue weighted by molar-refractivity contribution is -0.147. The second-order valence-electron chi connectivity index (χ2n) is 5.82. The zero-order valence-corrected chi connectivity index (χ0v) is 14.3. The molecule has 4 nitrogen and oxygen atoms in total. The molecule has 25 heavy (non-hydrogen) atoms. The summed E-state index contributed by atoms with van der Waals surface area (Å²) in [6.07, 6.45) is 1.47. The van der Waals surface area contributed by atoms with E-state index in [1.54, 1.807) is 4.90 Å². The standard InChI is InChI=1S/C19H17ClFNO3/c20-15-7-3-8-16(21)14(15)11-19(24)25-12-18(23)22-10-4-6-13-5-1-2-9-17(13)22/h1-3,5,7-9H,4,6,10-12H2. The van der Waals surface area contributed by atoms with Gasteiger partial charge in [-0.05, 0) is 36.6 Å². The van der Waals surface area contributed by atoms with Gasteiger partial charge in [-0.3, -0.25) is 9.59 Å². The van der Waals surface area contributed by atoms with E-state index < -0.39 is 11.8 Å². The maximum absolute atomic E-state index is 13.7. The minimum absolute atomic E-state index is 0.0740. The van der Waals surface area contributed by atoms with E-state index in [2.05, 4.69) is 0 Å². The Hall–Kier alpha value is -2.40. The Bertz CT molecular complexity index is 789. The molecule has 2 aromatic carbocycles. The number of carbonyl (C=O) groups excluding carboxylic acids is 2. The van der Waals surface area contributed by atoms with Crippen molar-refractivity contribution in [3.05, 3.63) is 64.4 Å². The van der Waals surface area contributed by atoms with Gasteiger partial charge in [0.15, 0.2) is 6.61 Å². The summed E-state index contributed by atoms with van der Waals surface area (Å²) in [5.41, 5.74) is 2.03. The van der Waals surface area contributed by atoms with Crippen LogP contribution in [0.15, 0.2) is 42.5 Å². The van der Waals surface area contributed by atoms with Crippen molar-refractivity contribution in [2.75, 3.05) is 18.1 Å². The number of amides is 1. The number of hydrogen-bond acceptors (Lipinski definition) is 3. The highest BCUT2D eigenvalue weighted by Gasteiger charge is 2.23. The first-order valence-electron chi connectivity index (χ1n) is 8.03. The van der Waals surface area contributed by atoms with Crippen LogP contribution in [-0.2, 0) is 27.2 Å². The Kier molecular flexibility index (Phi) is 5.34. The van der Waals surface area contributed by atoms with Crippen LogP contribution >= 0.6 is 11.6 Å². The molecular formula is C19H17ClFNO3. The van der Waals surface area contributed by atoms with E-state index in [4.69, 9.17) is 16.3 Å². The first-order chi connectivity index (χ1) is 12.1. The molecule has 130 valence electrons. The van der Waals surface area contributed by atoms with Crippen molar-refractivity contribution in [2.24, 2.45) is 0 Å². The molecule has 0 fully saturated rings. The molecular weight excluding hydrogens is 345 g/mol. The van der Waals surface area contributed by atoms with Crippen LogP contribution in [0.2, 0.25) is 5.02 Å². The number of halogens is 2. The Balaban J connectivity index is 1.61. The van der Waals surface area contributed by atoms with Crippen molar-refractivity contribution in [2.45, 2.75) is 19.3 Å². The zero-order chi connectivity index (χ0) is 17.8. The molecule has 3 rings (SSSR count). The SMILES string of the molecule is O=C(Cc1c(F)cccc1Cl)OCC(=O)N1CCCc2ccccc21. The van der Waals surface area contributed by atoms with Crippen molar-refractivity contribution in [1.29, 1.82) is 0 Å². The molecule has 1 amide bonds. The number of aryl methyl sites for hydroxylation is 1. The summed E-state index contributed by atoms with van der Waals surface area (Å²) in [5, 5.41) is 0.160. The van der Waals surface area contributed by atoms with Crippen LogP contribution in [0.1, 0.15) is 17.5 Å². The van der Waals surface area contributed by atoms with E-state index in [0.717, 1.165) is 24.1 Å². The predicted molar refractivity (Wildman–Crippen MR) is 93.2 cm³/mol. The highest BCUT2D eigenvalue weighted by atomic mass is 35.5. The van der Waals surface area contributed by atoms with Gasteiger partial charge in [0.05, 0.1) is 6.42 Å². The average Bonchev–Trinajstić information content (AvgIpc) is 2.62. The van der Waals surface area contributed by atoms with Crippen LogP contribution in [0.25, 0.3) is 0 Å². The number of fused-ring (bicyclic) bond motifs is 1. The number of esters is 1. The summed E-state index contributed by atoms with van der Waals surface area (Å²) in [4.78, 5) is 26.0. The monoisotopic (exact) mass is 361 g/mol. The van der Waals surface area contributed by atoms with Crippen molar-refractivity contribution >= 4 is 29.2 Å². The van der Waals surface area contributed by atoms with Crippen LogP contribution in [0.3, 0.4) is 0 Å². The first kappa shape index (κ1) is 17.4. The smallest absolute Gasteiger partial charge is 0.310 e. The Labute approximate surface area is 150 Å². The van der Waals surface area contributed by atoms with E-state index in [9.17, 15) is 14.0 Å². The molecule has 2 aromatic rings. The van der Waals surface area contributed by atoms with Crippen molar-refractivity contribution < 1.29 is 18.7 Å². The van der Waals surface area contributed by atoms with Gasteiger partial charge in [0.25, 0.3) is 5.91 Å². The van der Waals surface area contributed by atoms with Crippen LogP contribution in [0.4, 0.5) is 10.1 Å². The molecule has 0 aromatic heterocycles. The number of anilines is 1. The average molecular weight is 362 g/mol. The molecule has 0 aliphatic carbocycles. The summed E-state index contributed by atoms with van der Waals surface area (Å²) >= 11 is 5.89. The number of nitrogens with zero attached hydrogens (tertiary/aromatic N) is 1. The van der Waals surface area contributed by atoms with Gasteiger partial charge in [-0.15, -0.1) is 0 Å². The third kappa shape index (κ3) is 3.99. The van der Waals surface area contributed by atoms with Crippen molar-refractivity contribution in [1.82, 2.24) is 0 Å². The fourth-order valence-electron chi connectivity index (χ4n) is 2.91. The Morgan fingerprint density at radius 3 is 2.76 bits per heavy atom. The number of hydrogen-bond donors (Lipinski definition) is 0. The number of ether oxygens (including phenoxy) is 1. The fraction of sp³-hybridized carbons (Fsp3) is 0.263. The number of benzene rings is 2. The first-order valence-corrected chi connectivity index (χ1v) is 8.41. The van der Waals surface area contributed by atoms with Gasteiger partial charge < -0.3 is 9.64 Å². The normalized spacial score (nSPS) is 13.3. The van der Waals surface area contributed by atoms with Crippen LogP contribution in [-0.4, -0.2) is 25.0 Å². The topological polar surface area (TPSA) is 46.6 Å². The maximum atomic E-state index is 13.7. The molecule has 0 N–H and O–H groups in total. The van der Waals surface area contributed by atoms with E-state index in [0.29, 0.717) is 6.54 Å². The molecule has 0 unspecified atom stereocenters. The highest BCUT2D eigenvalue weighted by Crippen LogP contribution is 2.26. The lowest BCUT2D eigenvalue weighted by Crippen LogP contribution is -2.38. The van der Waals surface area contributed by atoms with Gasteiger partial charge in [-0.2, -0.15) is 0 Å². The Morgan fingerprint density at radius 2 is 1.96 bits per heavy atom. The largest absolute Gasteiger partial charge is 0.455 e. The summed E-state index contributed by atoms with van der Waals surface area (Å²) in [6, 6.07) is 11.9. The molecule has 0 radical (unpaired) electrons. The van der Waals surface area contributed by atoms with E-state index in [-0.39, 0.29) is 29.5 Å². The third-order valence-electron chi connectivity index (χ3n) is 4.15. The van der Waals surface area contributed by atoms with Gasteiger partial charge in [-0.25, -0.2) is 4.39 Å². The maximum Gasteiger partial charge on any atom is 0.310 e. The molecule has 0 bridgehead atoms. The van der Waals surface area contributed by atoms with Gasteiger partial charge in [0.2, 0.25) is 0 Å². The van der Waals surface area contributed by atoms with Crippen LogP contribution in [0.5, 0.6) is 0 Å². The lowest BCUT2D eigenvalue weighted by atomic mass is 10.0. The van der Waals surface area contributed by atoms with Gasteiger partial charge in [0.1, 0.15) is 5.82 Å². The van der Waals surface area contributed by atoms with E-state index in [1.165, 1.54) is 18.2 Å². The molecule has 1 aliphatic heterocycles. The third-order valence-corrected chi connectivity index (χ3v) is 4.50. The molecule has 0 saturated carbocycles. The fourth-order valence-corrected chi connectivity index (χ4v) is 3.14. The lowest BCUT2D eigenvalue weighted by Gasteiger charge is -2.29. The molecule has 6 heteroatoms. The Morgan fingerprint density at radius 1 is 1.16 bits per heavy atom.